The minimum absolute atomic E-state index is 0.236. The summed E-state index contributed by atoms with van der Waals surface area (Å²) in [7, 11) is 1.57. The number of carbonyl (C=O) groups excluding carboxylic acids is 1. The minimum Gasteiger partial charge on any atom is -0.497 e. The molecule has 98 valence electrons. The number of aromatic nitrogens is 1. The molecule has 1 amide bonds. The summed E-state index contributed by atoms with van der Waals surface area (Å²) in [6, 6.07) is 8.76. The standard InChI is InChI=1S/C13H10Br2N2O2/c1-19-10-6-8(14)5-9(7-10)17-13(18)11-3-2-4-16-12(11)15/h2-7H,1H3,(H,17,18). The average Bonchev–Trinajstić information content (AvgIpc) is 2.38. The molecule has 2 aromatic rings. The second-order valence-electron chi connectivity index (χ2n) is 3.68. The maximum atomic E-state index is 12.1. The summed E-state index contributed by atoms with van der Waals surface area (Å²) in [4.78, 5) is 16.1. The number of methoxy groups -OCH3 is 1. The lowest BCUT2D eigenvalue weighted by molar-refractivity contribution is 0.102. The molecule has 0 saturated heterocycles. The normalized spacial score (nSPS) is 10.1. The number of hydrogen-bond donors (Lipinski definition) is 1. The second-order valence-corrected chi connectivity index (χ2v) is 5.34. The van der Waals surface area contributed by atoms with Crippen molar-refractivity contribution >= 4 is 43.5 Å². The highest BCUT2D eigenvalue weighted by molar-refractivity contribution is 9.10. The first-order valence-electron chi connectivity index (χ1n) is 5.36. The van der Waals surface area contributed by atoms with Crippen LogP contribution >= 0.6 is 31.9 Å². The van der Waals surface area contributed by atoms with Crippen LogP contribution in [-0.2, 0) is 0 Å². The smallest absolute Gasteiger partial charge is 0.258 e. The molecule has 0 bridgehead atoms. The van der Waals surface area contributed by atoms with E-state index >= 15 is 0 Å². The predicted molar refractivity (Wildman–Crippen MR) is 80.6 cm³/mol. The van der Waals surface area contributed by atoms with Crippen molar-refractivity contribution in [2.24, 2.45) is 0 Å². The van der Waals surface area contributed by atoms with Gasteiger partial charge in [-0.1, -0.05) is 15.9 Å². The molecule has 1 aromatic heterocycles. The SMILES string of the molecule is COc1cc(Br)cc(NC(=O)c2cccnc2Br)c1. The highest BCUT2D eigenvalue weighted by Crippen LogP contribution is 2.25. The summed E-state index contributed by atoms with van der Waals surface area (Å²) in [5, 5.41) is 2.80. The van der Waals surface area contributed by atoms with Gasteiger partial charge in [-0.25, -0.2) is 4.98 Å². The van der Waals surface area contributed by atoms with E-state index in [0.717, 1.165) is 4.47 Å². The third kappa shape index (κ3) is 3.54. The molecule has 1 heterocycles. The first-order chi connectivity index (χ1) is 9.10. The van der Waals surface area contributed by atoms with Crippen LogP contribution in [0.1, 0.15) is 10.4 Å². The highest BCUT2D eigenvalue weighted by Gasteiger charge is 2.11. The average molecular weight is 386 g/mol. The fourth-order valence-electron chi connectivity index (χ4n) is 1.51. The van der Waals surface area contributed by atoms with E-state index in [1.54, 1.807) is 37.6 Å². The number of anilines is 1. The van der Waals surface area contributed by atoms with E-state index in [4.69, 9.17) is 4.74 Å². The van der Waals surface area contributed by atoms with Crippen LogP contribution < -0.4 is 10.1 Å². The number of carbonyl (C=O) groups is 1. The lowest BCUT2D eigenvalue weighted by atomic mass is 10.2. The van der Waals surface area contributed by atoms with Gasteiger partial charge in [0.05, 0.1) is 12.7 Å². The van der Waals surface area contributed by atoms with Gasteiger partial charge in [-0.15, -0.1) is 0 Å². The summed E-state index contributed by atoms with van der Waals surface area (Å²) in [5.74, 6) is 0.426. The lowest BCUT2D eigenvalue weighted by Gasteiger charge is -2.08. The van der Waals surface area contributed by atoms with E-state index in [9.17, 15) is 4.79 Å². The van der Waals surface area contributed by atoms with Crippen LogP contribution in [-0.4, -0.2) is 18.0 Å². The number of benzene rings is 1. The molecule has 0 radical (unpaired) electrons. The van der Waals surface area contributed by atoms with E-state index in [2.05, 4.69) is 42.2 Å². The zero-order valence-electron chi connectivity index (χ0n) is 9.98. The molecule has 1 aromatic carbocycles. The van der Waals surface area contributed by atoms with Crippen LogP contribution in [0.4, 0.5) is 5.69 Å². The summed E-state index contributed by atoms with van der Waals surface area (Å²) in [6.07, 6.45) is 1.61. The van der Waals surface area contributed by atoms with Gasteiger partial charge in [0, 0.05) is 22.4 Å². The number of nitrogens with zero attached hydrogens (tertiary/aromatic N) is 1. The van der Waals surface area contributed by atoms with Gasteiger partial charge in [-0.3, -0.25) is 4.79 Å². The number of hydrogen-bond acceptors (Lipinski definition) is 3. The van der Waals surface area contributed by atoms with E-state index < -0.39 is 0 Å². The highest BCUT2D eigenvalue weighted by atomic mass is 79.9. The van der Waals surface area contributed by atoms with Gasteiger partial charge in [0.1, 0.15) is 10.4 Å². The fraction of sp³-hybridized carbons (Fsp3) is 0.0769. The number of pyridine rings is 1. The monoisotopic (exact) mass is 384 g/mol. The molecule has 0 unspecified atom stereocenters. The van der Waals surface area contributed by atoms with Crippen LogP contribution in [0.3, 0.4) is 0 Å². The Morgan fingerprint density at radius 1 is 1.32 bits per heavy atom. The number of ether oxygens (including phenoxy) is 1. The Bertz CT molecular complexity index is 617. The molecule has 4 nitrogen and oxygen atoms in total. The van der Waals surface area contributed by atoms with Gasteiger partial charge in [0.15, 0.2) is 0 Å². The van der Waals surface area contributed by atoms with Crippen LogP contribution in [0, 0.1) is 0 Å². The maximum absolute atomic E-state index is 12.1. The van der Waals surface area contributed by atoms with E-state index in [-0.39, 0.29) is 5.91 Å². The Balaban J connectivity index is 2.24. The molecule has 6 heteroatoms. The molecule has 0 spiro atoms. The molecular weight excluding hydrogens is 376 g/mol. The van der Waals surface area contributed by atoms with E-state index in [1.807, 2.05) is 6.07 Å². The molecule has 0 fully saturated rings. The van der Waals surface area contributed by atoms with Gasteiger partial charge >= 0.3 is 0 Å². The summed E-state index contributed by atoms with van der Waals surface area (Å²) < 4.78 is 6.48. The first kappa shape index (κ1) is 14.0. The van der Waals surface area contributed by atoms with Crippen molar-refractivity contribution < 1.29 is 9.53 Å². The molecule has 0 saturated carbocycles. The van der Waals surface area contributed by atoms with Gasteiger partial charge in [0.25, 0.3) is 5.91 Å². The van der Waals surface area contributed by atoms with Crippen LogP contribution in [0.5, 0.6) is 5.75 Å². The zero-order chi connectivity index (χ0) is 13.8. The summed E-state index contributed by atoms with van der Waals surface area (Å²) in [5.41, 5.74) is 1.12. The fourth-order valence-corrected chi connectivity index (χ4v) is 2.41. The van der Waals surface area contributed by atoms with E-state index in [1.165, 1.54) is 0 Å². The van der Waals surface area contributed by atoms with Gasteiger partial charge in [0.2, 0.25) is 0 Å². The maximum Gasteiger partial charge on any atom is 0.258 e. The molecule has 2 rings (SSSR count). The Labute approximate surface area is 127 Å². The largest absolute Gasteiger partial charge is 0.497 e. The third-order valence-corrected chi connectivity index (χ3v) is 3.46. The van der Waals surface area contributed by atoms with Gasteiger partial charge < -0.3 is 10.1 Å². The molecular formula is C13H10Br2N2O2. The molecule has 0 aliphatic heterocycles. The second kappa shape index (κ2) is 6.16. The zero-order valence-corrected chi connectivity index (χ0v) is 13.2. The van der Waals surface area contributed by atoms with Crippen molar-refractivity contribution in [3.05, 3.63) is 51.2 Å². The Morgan fingerprint density at radius 2 is 2.11 bits per heavy atom. The van der Waals surface area contributed by atoms with E-state index in [0.29, 0.717) is 21.6 Å². The topological polar surface area (TPSA) is 51.2 Å². The van der Waals surface area contributed by atoms with Gasteiger partial charge in [-0.2, -0.15) is 0 Å². The molecule has 19 heavy (non-hydrogen) atoms. The molecule has 0 aliphatic rings. The number of halogens is 2. The summed E-state index contributed by atoms with van der Waals surface area (Å²) in [6.45, 7) is 0. The van der Waals surface area contributed by atoms with Gasteiger partial charge in [-0.05, 0) is 40.2 Å². The number of amides is 1. The van der Waals surface area contributed by atoms with Crippen molar-refractivity contribution in [1.29, 1.82) is 0 Å². The Kier molecular flexibility index (Phi) is 4.55. The van der Waals surface area contributed by atoms with Crippen molar-refractivity contribution in [2.45, 2.75) is 0 Å². The third-order valence-electron chi connectivity index (χ3n) is 2.37. The molecule has 1 N–H and O–H groups in total. The quantitative estimate of drug-likeness (QED) is 0.816. The van der Waals surface area contributed by atoms with Crippen LogP contribution in [0.2, 0.25) is 0 Å². The van der Waals surface area contributed by atoms with Crippen LogP contribution in [0.25, 0.3) is 0 Å². The van der Waals surface area contributed by atoms with Crippen molar-refractivity contribution in [3.8, 4) is 5.75 Å². The van der Waals surface area contributed by atoms with Crippen molar-refractivity contribution in [2.75, 3.05) is 12.4 Å². The first-order valence-corrected chi connectivity index (χ1v) is 6.95. The molecule has 0 atom stereocenters. The summed E-state index contributed by atoms with van der Waals surface area (Å²) >= 11 is 6.61. The predicted octanol–water partition coefficient (Wildman–Crippen LogP) is 3.87. The Hall–Kier alpha value is -1.40. The van der Waals surface area contributed by atoms with Crippen LogP contribution in [0.15, 0.2) is 45.6 Å². The number of nitrogens with one attached hydrogen (secondary N) is 1. The Morgan fingerprint density at radius 3 is 2.79 bits per heavy atom. The lowest BCUT2D eigenvalue weighted by Crippen LogP contribution is -2.13. The molecule has 0 aliphatic carbocycles. The number of rotatable bonds is 3. The van der Waals surface area contributed by atoms with Crippen molar-refractivity contribution in [1.82, 2.24) is 4.98 Å². The van der Waals surface area contributed by atoms with Crippen molar-refractivity contribution in [3.63, 3.8) is 0 Å². The minimum atomic E-state index is -0.236.